The van der Waals surface area contributed by atoms with Gasteiger partial charge in [0.05, 0.1) is 4.92 Å². The number of benzene rings is 3. The molecule has 0 aromatic heterocycles. The Labute approximate surface area is 156 Å². The fourth-order valence-electron chi connectivity index (χ4n) is 2.53. The smallest absolute Gasteiger partial charge is 0.270 e. The van der Waals surface area contributed by atoms with Gasteiger partial charge in [0.15, 0.2) is 0 Å². The highest BCUT2D eigenvalue weighted by molar-refractivity contribution is 5.95. The number of nitrogens with one attached hydrogen (secondary N) is 1. The summed E-state index contributed by atoms with van der Waals surface area (Å²) in [6.45, 7) is 1.97. The summed E-state index contributed by atoms with van der Waals surface area (Å²) in [4.78, 5) is 23.1. The zero-order valence-corrected chi connectivity index (χ0v) is 14.7. The molecule has 27 heavy (non-hydrogen) atoms. The monoisotopic (exact) mass is 362 g/mol. The Morgan fingerprint density at radius 1 is 0.963 bits per heavy atom. The van der Waals surface area contributed by atoms with E-state index in [1.807, 2.05) is 49.4 Å². The molecular weight excluding hydrogens is 344 g/mol. The van der Waals surface area contributed by atoms with Crippen LogP contribution in [-0.4, -0.2) is 10.8 Å². The van der Waals surface area contributed by atoms with Crippen molar-refractivity contribution < 1.29 is 14.5 Å². The van der Waals surface area contributed by atoms with E-state index < -0.39 is 11.0 Å². The second kappa shape index (κ2) is 8.14. The van der Waals surface area contributed by atoms with Gasteiger partial charge in [-0.1, -0.05) is 48.0 Å². The minimum Gasteiger partial charge on any atom is -0.476 e. The van der Waals surface area contributed by atoms with E-state index >= 15 is 0 Å². The van der Waals surface area contributed by atoms with E-state index in [0.717, 1.165) is 5.56 Å². The van der Waals surface area contributed by atoms with Crippen molar-refractivity contribution >= 4 is 17.3 Å². The lowest BCUT2D eigenvalue weighted by Gasteiger charge is -2.19. The first-order valence-electron chi connectivity index (χ1n) is 8.36. The predicted octanol–water partition coefficient (Wildman–Crippen LogP) is 4.66. The van der Waals surface area contributed by atoms with Gasteiger partial charge in [0.2, 0.25) is 6.10 Å². The van der Waals surface area contributed by atoms with Gasteiger partial charge in [-0.15, -0.1) is 0 Å². The van der Waals surface area contributed by atoms with E-state index in [1.165, 1.54) is 24.3 Å². The van der Waals surface area contributed by atoms with Crippen molar-refractivity contribution in [2.45, 2.75) is 13.0 Å². The Balaban J connectivity index is 1.83. The molecule has 3 aromatic rings. The summed E-state index contributed by atoms with van der Waals surface area (Å²) in [6.07, 6.45) is -0.894. The zero-order valence-electron chi connectivity index (χ0n) is 14.7. The third-order valence-electron chi connectivity index (χ3n) is 3.96. The van der Waals surface area contributed by atoms with Crippen LogP contribution in [0.1, 0.15) is 17.2 Å². The second-order valence-corrected chi connectivity index (χ2v) is 6.01. The standard InChI is InChI=1S/C21H18N2O4/c1-15-7-9-17(10-8-15)22-21(24)20(16-5-3-2-4-6-16)27-19-13-11-18(12-14-19)23(25)26/h2-14,20H,1H3,(H,22,24)/t20-/m0/s1. The molecule has 0 fully saturated rings. The first kappa shape index (κ1) is 18.1. The number of carbonyl (C=O) groups is 1. The van der Waals surface area contributed by atoms with Crippen molar-refractivity contribution in [3.8, 4) is 5.75 Å². The minimum atomic E-state index is -0.894. The number of ether oxygens (including phenoxy) is 1. The van der Waals surface area contributed by atoms with Crippen LogP contribution in [0.4, 0.5) is 11.4 Å². The molecule has 0 aliphatic rings. The lowest BCUT2D eigenvalue weighted by Crippen LogP contribution is -2.25. The number of carbonyl (C=O) groups excluding carboxylic acids is 1. The highest BCUT2D eigenvalue weighted by Gasteiger charge is 2.23. The molecule has 3 aromatic carbocycles. The molecule has 0 saturated heterocycles. The number of amides is 1. The number of hydrogen-bond acceptors (Lipinski definition) is 4. The van der Waals surface area contributed by atoms with E-state index in [-0.39, 0.29) is 11.6 Å². The van der Waals surface area contributed by atoms with E-state index in [4.69, 9.17) is 4.74 Å². The number of aryl methyl sites for hydroxylation is 1. The van der Waals surface area contributed by atoms with E-state index in [9.17, 15) is 14.9 Å². The van der Waals surface area contributed by atoms with Crippen LogP contribution in [-0.2, 0) is 4.79 Å². The molecule has 0 bridgehead atoms. The molecule has 1 N–H and O–H groups in total. The molecule has 136 valence electrons. The minimum absolute atomic E-state index is 0.0391. The van der Waals surface area contributed by atoms with Gasteiger partial charge in [-0.2, -0.15) is 0 Å². The molecule has 0 radical (unpaired) electrons. The first-order chi connectivity index (χ1) is 13.0. The van der Waals surface area contributed by atoms with Crippen molar-refractivity contribution in [2.24, 2.45) is 0 Å². The summed E-state index contributed by atoms with van der Waals surface area (Å²) in [5.41, 5.74) is 2.40. The van der Waals surface area contributed by atoms with Gasteiger partial charge in [0.1, 0.15) is 5.75 Å². The highest BCUT2D eigenvalue weighted by Crippen LogP contribution is 2.25. The average Bonchev–Trinajstić information content (AvgIpc) is 2.69. The number of anilines is 1. The van der Waals surface area contributed by atoms with Gasteiger partial charge < -0.3 is 10.1 Å². The largest absolute Gasteiger partial charge is 0.476 e. The van der Waals surface area contributed by atoms with Crippen LogP contribution in [0.15, 0.2) is 78.9 Å². The van der Waals surface area contributed by atoms with Crippen molar-refractivity contribution in [3.05, 3.63) is 100 Å². The van der Waals surface area contributed by atoms with Crippen LogP contribution in [0.25, 0.3) is 0 Å². The van der Waals surface area contributed by atoms with Gasteiger partial charge in [-0.05, 0) is 31.2 Å². The summed E-state index contributed by atoms with van der Waals surface area (Å²) >= 11 is 0. The maximum absolute atomic E-state index is 12.8. The number of nitro groups is 1. The summed E-state index contributed by atoms with van der Waals surface area (Å²) in [6, 6.07) is 22.2. The molecule has 6 nitrogen and oxygen atoms in total. The van der Waals surface area contributed by atoms with Gasteiger partial charge in [0, 0.05) is 23.4 Å². The average molecular weight is 362 g/mol. The van der Waals surface area contributed by atoms with Gasteiger partial charge in [-0.25, -0.2) is 0 Å². The second-order valence-electron chi connectivity index (χ2n) is 6.01. The van der Waals surface area contributed by atoms with Gasteiger partial charge in [-0.3, -0.25) is 14.9 Å². The Kier molecular flexibility index (Phi) is 5.47. The molecule has 0 aliphatic carbocycles. The van der Waals surface area contributed by atoms with Crippen LogP contribution in [0.5, 0.6) is 5.75 Å². The highest BCUT2D eigenvalue weighted by atomic mass is 16.6. The molecule has 3 rings (SSSR count). The number of rotatable bonds is 6. The van der Waals surface area contributed by atoms with Crippen molar-refractivity contribution in [1.82, 2.24) is 0 Å². The van der Waals surface area contributed by atoms with Crippen molar-refractivity contribution in [1.29, 1.82) is 0 Å². The number of hydrogen-bond donors (Lipinski definition) is 1. The van der Waals surface area contributed by atoms with Crippen LogP contribution in [0, 0.1) is 17.0 Å². The van der Waals surface area contributed by atoms with E-state index in [2.05, 4.69) is 5.32 Å². The Morgan fingerprint density at radius 3 is 2.19 bits per heavy atom. The maximum atomic E-state index is 12.8. The van der Waals surface area contributed by atoms with E-state index in [1.54, 1.807) is 12.1 Å². The van der Waals surface area contributed by atoms with Crippen LogP contribution < -0.4 is 10.1 Å². The normalized spacial score (nSPS) is 11.4. The van der Waals surface area contributed by atoms with Gasteiger partial charge >= 0.3 is 0 Å². The summed E-state index contributed by atoms with van der Waals surface area (Å²) in [5, 5.41) is 13.6. The Bertz CT molecular complexity index is 923. The molecular formula is C21H18N2O4. The van der Waals surface area contributed by atoms with E-state index in [0.29, 0.717) is 17.0 Å². The fraction of sp³-hybridized carbons (Fsp3) is 0.0952. The summed E-state index contributed by atoms with van der Waals surface area (Å²) < 4.78 is 5.86. The van der Waals surface area contributed by atoms with Crippen LogP contribution in [0.2, 0.25) is 0 Å². The topological polar surface area (TPSA) is 81.5 Å². The summed E-state index contributed by atoms with van der Waals surface area (Å²) in [5.74, 6) is 0.0388. The Morgan fingerprint density at radius 2 is 1.59 bits per heavy atom. The number of nitrogens with zero attached hydrogens (tertiary/aromatic N) is 1. The Hall–Kier alpha value is -3.67. The third-order valence-corrected chi connectivity index (χ3v) is 3.96. The lowest BCUT2D eigenvalue weighted by molar-refractivity contribution is -0.384. The van der Waals surface area contributed by atoms with Crippen molar-refractivity contribution in [2.75, 3.05) is 5.32 Å². The zero-order chi connectivity index (χ0) is 19.2. The van der Waals surface area contributed by atoms with Crippen LogP contribution in [0.3, 0.4) is 0 Å². The summed E-state index contributed by atoms with van der Waals surface area (Å²) in [7, 11) is 0. The van der Waals surface area contributed by atoms with Crippen LogP contribution >= 0.6 is 0 Å². The number of non-ortho nitro benzene ring substituents is 1. The molecule has 0 spiro atoms. The molecule has 0 saturated carbocycles. The molecule has 1 amide bonds. The SMILES string of the molecule is Cc1ccc(NC(=O)[C@@H](Oc2ccc([N+](=O)[O-])cc2)c2ccccc2)cc1. The molecule has 1 atom stereocenters. The third kappa shape index (κ3) is 4.70. The molecule has 0 aliphatic heterocycles. The quantitative estimate of drug-likeness (QED) is 0.511. The molecule has 6 heteroatoms. The molecule has 0 heterocycles. The fourth-order valence-corrected chi connectivity index (χ4v) is 2.53. The number of nitro benzene ring substituents is 1. The lowest BCUT2D eigenvalue weighted by atomic mass is 10.1. The molecule has 0 unspecified atom stereocenters. The first-order valence-corrected chi connectivity index (χ1v) is 8.36. The maximum Gasteiger partial charge on any atom is 0.270 e. The van der Waals surface area contributed by atoms with Gasteiger partial charge in [0.25, 0.3) is 11.6 Å². The van der Waals surface area contributed by atoms with Crippen molar-refractivity contribution in [3.63, 3.8) is 0 Å². The predicted molar refractivity (Wildman–Crippen MR) is 103 cm³/mol.